The fourth-order valence-electron chi connectivity index (χ4n) is 2.63. The van der Waals surface area contributed by atoms with Crippen molar-refractivity contribution in [3.05, 3.63) is 16.1 Å². The minimum atomic E-state index is -0.777. The van der Waals surface area contributed by atoms with E-state index in [0.717, 1.165) is 30.0 Å². The molecule has 2 rings (SSSR count). The van der Waals surface area contributed by atoms with E-state index >= 15 is 0 Å². The van der Waals surface area contributed by atoms with Crippen LogP contribution in [-0.2, 0) is 16.0 Å². The van der Waals surface area contributed by atoms with Gasteiger partial charge in [0.2, 0.25) is 5.91 Å². The van der Waals surface area contributed by atoms with Crippen molar-refractivity contribution in [1.29, 1.82) is 0 Å². The van der Waals surface area contributed by atoms with Crippen LogP contribution in [0.1, 0.15) is 36.4 Å². The van der Waals surface area contributed by atoms with Gasteiger partial charge in [0.1, 0.15) is 0 Å². The summed E-state index contributed by atoms with van der Waals surface area (Å²) in [6.07, 6.45) is 3.51. The summed E-state index contributed by atoms with van der Waals surface area (Å²) in [4.78, 5) is 27.4. The van der Waals surface area contributed by atoms with Crippen molar-refractivity contribution in [2.45, 2.75) is 39.0 Å². The molecule has 2 N–H and O–H groups in total. The van der Waals surface area contributed by atoms with Crippen molar-refractivity contribution in [3.63, 3.8) is 0 Å². The third-order valence-electron chi connectivity index (χ3n) is 3.74. The molecular weight excluding hydrogens is 276 g/mol. The average Bonchev–Trinajstić information content (AvgIpc) is 2.84. The normalized spacial score (nSPS) is 22.4. The van der Waals surface area contributed by atoms with Gasteiger partial charge in [0.15, 0.2) is 0 Å². The molecule has 0 aliphatic heterocycles. The van der Waals surface area contributed by atoms with Gasteiger partial charge in [-0.25, -0.2) is 4.98 Å². The highest BCUT2D eigenvalue weighted by molar-refractivity contribution is 7.09. The maximum Gasteiger partial charge on any atom is 0.306 e. The highest BCUT2D eigenvalue weighted by atomic mass is 32.1. The first kappa shape index (κ1) is 15.0. The number of nitrogens with zero attached hydrogens (tertiary/aromatic N) is 1. The summed E-state index contributed by atoms with van der Waals surface area (Å²) in [5, 5.41) is 15.0. The Kier molecular flexibility index (Phi) is 5.11. The number of carboxylic acid groups (broad SMARTS) is 1. The zero-order valence-electron chi connectivity index (χ0n) is 11.6. The van der Waals surface area contributed by atoms with Gasteiger partial charge in [0.25, 0.3) is 0 Å². The summed E-state index contributed by atoms with van der Waals surface area (Å²) in [5.74, 6) is -1.30. The second-order valence-electron chi connectivity index (χ2n) is 5.30. The van der Waals surface area contributed by atoms with Crippen LogP contribution in [0.3, 0.4) is 0 Å². The molecule has 0 radical (unpaired) electrons. The second-order valence-corrected chi connectivity index (χ2v) is 6.36. The number of carboxylic acids is 1. The van der Waals surface area contributed by atoms with Crippen molar-refractivity contribution in [2.75, 3.05) is 6.54 Å². The molecule has 0 spiro atoms. The summed E-state index contributed by atoms with van der Waals surface area (Å²) >= 11 is 1.61. The molecule has 1 heterocycles. The van der Waals surface area contributed by atoms with Crippen molar-refractivity contribution < 1.29 is 14.7 Å². The van der Waals surface area contributed by atoms with Crippen LogP contribution >= 0.6 is 11.3 Å². The largest absolute Gasteiger partial charge is 0.481 e. The summed E-state index contributed by atoms with van der Waals surface area (Å²) < 4.78 is 0. The van der Waals surface area contributed by atoms with E-state index in [1.54, 1.807) is 11.3 Å². The van der Waals surface area contributed by atoms with Crippen LogP contribution < -0.4 is 5.32 Å². The first-order chi connectivity index (χ1) is 9.56. The number of hydrogen-bond acceptors (Lipinski definition) is 4. The van der Waals surface area contributed by atoms with Gasteiger partial charge in [0, 0.05) is 24.3 Å². The monoisotopic (exact) mass is 296 g/mol. The highest BCUT2D eigenvalue weighted by Crippen LogP contribution is 2.29. The molecule has 1 aliphatic carbocycles. The number of thiazole rings is 1. The highest BCUT2D eigenvalue weighted by Gasteiger charge is 2.30. The number of hydrogen-bond donors (Lipinski definition) is 2. The van der Waals surface area contributed by atoms with E-state index in [1.807, 2.05) is 12.3 Å². The van der Waals surface area contributed by atoms with Gasteiger partial charge in [0.05, 0.1) is 16.6 Å². The van der Waals surface area contributed by atoms with Gasteiger partial charge in [-0.15, -0.1) is 11.3 Å². The quantitative estimate of drug-likeness (QED) is 0.871. The smallest absolute Gasteiger partial charge is 0.306 e. The van der Waals surface area contributed by atoms with Crippen molar-refractivity contribution in [2.24, 2.45) is 11.8 Å². The lowest BCUT2D eigenvalue weighted by Gasteiger charge is -2.25. The second kappa shape index (κ2) is 6.83. The van der Waals surface area contributed by atoms with Crippen LogP contribution in [0.25, 0.3) is 0 Å². The van der Waals surface area contributed by atoms with Crippen LogP contribution in [0, 0.1) is 18.8 Å². The Morgan fingerprint density at radius 3 is 2.85 bits per heavy atom. The predicted molar refractivity (Wildman–Crippen MR) is 76.6 cm³/mol. The summed E-state index contributed by atoms with van der Waals surface area (Å²) in [5.41, 5.74) is 1.000. The molecule has 6 heteroatoms. The molecule has 110 valence electrons. The number of amides is 1. The van der Waals surface area contributed by atoms with Crippen molar-refractivity contribution >= 4 is 23.2 Å². The Morgan fingerprint density at radius 2 is 2.20 bits per heavy atom. The fraction of sp³-hybridized carbons (Fsp3) is 0.643. The molecule has 0 saturated heterocycles. The third-order valence-corrected chi connectivity index (χ3v) is 4.56. The van der Waals surface area contributed by atoms with Crippen LogP contribution in [0.4, 0.5) is 0 Å². The van der Waals surface area contributed by atoms with Gasteiger partial charge in [-0.1, -0.05) is 6.42 Å². The lowest BCUT2D eigenvalue weighted by molar-refractivity contribution is -0.144. The predicted octanol–water partition coefficient (Wildman–Crippen LogP) is 2.00. The molecule has 0 aromatic carbocycles. The Balaban J connectivity index is 1.75. The average molecular weight is 296 g/mol. The standard InChI is InChI=1S/C14H20N2O3S/c1-9-16-12(8-20-9)5-6-15-13(17)10-3-2-4-11(7-10)14(18)19/h8,10-11H,2-7H2,1H3,(H,15,17)(H,18,19). The summed E-state index contributed by atoms with van der Waals surface area (Å²) in [7, 11) is 0. The Morgan fingerprint density at radius 1 is 1.45 bits per heavy atom. The lowest BCUT2D eigenvalue weighted by atomic mass is 9.81. The van der Waals surface area contributed by atoms with Gasteiger partial charge >= 0.3 is 5.97 Å². The molecule has 1 aromatic rings. The zero-order chi connectivity index (χ0) is 14.5. The van der Waals surface area contributed by atoms with Crippen LogP contribution in [0.5, 0.6) is 0 Å². The number of aryl methyl sites for hydroxylation is 1. The number of carbonyl (C=O) groups excluding carboxylic acids is 1. The Hall–Kier alpha value is -1.43. The third kappa shape index (κ3) is 4.03. The van der Waals surface area contributed by atoms with E-state index in [4.69, 9.17) is 5.11 Å². The van der Waals surface area contributed by atoms with Gasteiger partial charge in [-0.3, -0.25) is 9.59 Å². The maximum atomic E-state index is 12.0. The minimum absolute atomic E-state index is 0.0112. The first-order valence-electron chi connectivity index (χ1n) is 6.98. The van der Waals surface area contributed by atoms with E-state index in [-0.39, 0.29) is 17.7 Å². The molecule has 1 amide bonds. The topological polar surface area (TPSA) is 79.3 Å². The van der Waals surface area contributed by atoms with E-state index in [1.165, 1.54) is 0 Å². The molecule has 1 aromatic heterocycles. The molecule has 0 bridgehead atoms. The van der Waals surface area contributed by atoms with E-state index in [9.17, 15) is 9.59 Å². The van der Waals surface area contributed by atoms with Gasteiger partial charge in [-0.05, 0) is 26.2 Å². The Bertz CT molecular complexity index is 487. The van der Waals surface area contributed by atoms with Crippen LogP contribution in [0.15, 0.2) is 5.38 Å². The molecule has 2 atom stereocenters. The zero-order valence-corrected chi connectivity index (χ0v) is 12.4. The molecule has 1 aliphatic rings. The summed E-state index contributed by atoms with van der Waals surface area (Å²) in [6, 6.07) is 0. The summed E-state index contributed by atoms with van der Waals surface area (Å²) in [6.45, 7) is 2.52. The number of aromatic nitrogens is 1. The molecule has 20 heavy (non-hydrogen) atoms. The van der Waals surface area contributed by atoms with Gasteiger partial charge < -0.3 is 10.4 Å². The fourth-order valence-corrected chi connectivity index (χ4v) is 3.28. The molecule has 5 nitrogen and oxygen atoms in total. The molecule has 1 saturated carbocycles. The minimum Gasteiger partial charge on any atom is -0.481 e. The number of carbonyl (C=O) groups is 2. The number of rotatable bonds is 5. The Labute approximate surface area is 122 Å². The first-order valence-corrected chi connectivity index (χ1v) is 7.85. The van der Waals surface area contributed by atoms with Crippen LogP contribution in [-0.4, -0.2) is 28.5 Å². The number of nitrogens with one attached hydrogen (secondary N) is 1. The molecule has 1 fully saturated rings. The lowest BCUT2D eigenvalue weighted by Crippen LogP contribution is -2.36. The maximum absolute atomic E-state index is 12.0. The van der Waals surface area contributed by atoms with E-state index in [0.29, 0.717) is 19.4 Å². The number of aliphatic carboxylic acids is 1. The van der Waals surface area contributed by atoms with Gasteiger partial charge in [-0.2, -0.15) is 0 Å². The molecular formula is C14H20N2O3S. The van der Waals surface area contributed by atoms with Crippen LogP contribution in [0.2, 0.25) is 0 Å². The van der Waals surface area contributed by atoms with E-state index in [2.05, 4.69) is 10.3 Å². The SMILES string of the molecule is Cc1nc(CCNC(=O)C2CCCC(C(=O)O)C2)cs1. The molecule has 2 unspecified atom stereocenters. The van der Waals surface area contributed by atoms with E-state index < -0.39 is 5.97 Å². The van der Waals surface area contributed by atoms with Crippen molar-refractivity contribution in [1.82, 2.24) is 10.3 Å². The van der Waals surface area contributed by atoms with Crippen molar-refractivity contribution in [3.8, 4) is 0 Å².